The van der Waals surface area contributed by atoms with Crippen LogP contribution in [-0.2, 0) is 17.7 Å². The summed E-state index contributed by atoms with van der Waals surface area (Å²) in [6.45, 7) is 0.140. The second-order valence-corrected chi connectivity index (χ2v) is 5.86. The molecule has 11 heteroatoms. The molecule has 0 atom stereocenters. The summed E-state index contributed by atoms with van der Waals surface area (Å²) in [4.78, 5) is 64.1. The van der Waals surface area contributed by atoms with Gasteiger partial charge in [0.1, 0.15) is 0 Å². The van der Waals surface area contributed by atoms with E-state index in [4.69, 9.17) is 0 Å². The molecule has 0 spiro atoms. The maximum absolute atomic E-state index is 12.8. The molecule has 0 radical (unpaired) electrons. The zero-order chi connectivity index (χ0) is 19.7. The third-order valence-electron chi connectivity index (χ3n) is 4.19. The zero-order valence-electron chi connectivity index (χ0n) is 14.1. The maximum atomic E-state index is 12.8. The third-order valence-corrected chi connectivity index (χ3v) is 4.19. The average molecular weight is 374 g/mol. The predicted molar refractivity (Wildman–Crippen MR) is 90.6 cm³/mol. The molecule has 11 nitrogen and oxygen atoms in total. The monoisotopic (exact) mass is 374 g/mol. The van der Waals surface area contributed by atoms with Gasteiger partial charge in [0.2, 0.25) is 0 Å². The topological polar surface area (TPSA) is 155 Å². The van der Waals surface area contributed by atoms with Crippen LogP contribution in [0.25, 0.3) is 0 Å². The van der Waals surface area contributed by atoms with Gasteiger partial charge in [0, 0.05) is 35.5 Å². The van der Waals surface area contributed by atoms with Crippen LogP contribution in [0.5, 0.6) is 0 Å². The second-order valence-electron chi connectivity index (χ2n) is 5.86. The van der Waals surface area contributed by atoms with Gasteiger partial charge in [-0.15, -0.1) is 0 Å². The highest BCUT2D eigenvalue weighted by atomic mass is 16.6. The Balaban J connectivity index is 1.97. The Morgan fingerprint density at radius 3 is 2.56 bits per heavy atom. The first kappa shape index (κ1) is 18.0. The normalized spacial score (nSPS) is 13.0. The lowest BCUT2D eigenvalue weighted by atomic mass is 10.0. The van der Waals surface area contributed by atoms with Crippen LogP contribution in [-0.4, -0.2) is 45.3 Å². The minimum absolute atomic E-state index is 0.0381. The van der Waals surface area contributed by atoms with Crippen LogP contribution in [0.3, 0.4) is 0 Å². The predicted octanol–water partition coefficient (Wildman–Crippen LogP) is -0.0435. The number of methoxy groups -OCH3 is 1. The first-order chi connectivity index (χ1) is 12.8. The van der Waals surface area contributed by atoms with E-state index in [1.807, 2.05) is 0 Å². The summed E-state index contributed by atoms with van der Waals surface area (Å²) in [5, 5.41) is 11.1. The average Bonchev–Trinajstić information content (AvgIpc) is 2.65. The number of nitro benzene ring substituents is 1. The molecule has 0 aliphatic carbocycles. The van der Waals surface area contributed by atoms with Gasteiger partial charge in [0.25, 0.3) is 17.2 Å². The Morgan fingerprint density at radius 1 is 1.19 bits per heavy atom. The molecule has 1 aromatic carbocycles. The number of non-ortho nitro benzene ring substituents is 1. The van der Waals surface area contributed by atoms with Crippen molar-refractivity contribution in [2.75, 3.05) is 13.7 Å². The third kappa shape index (κ3) is 3.47. The van der Waals surface area contributed by atoms with Crippen LogP contribution in [0.1, 0.15) is 32.0 Å². The van der Waals surface area contributed by atoms with Crippen molar-refractivity contribution in [1.29, 1.82) is 0 Å². The molecule has 0 saturated heterocycles. The summed E-state index contributed by atoms with van der Waals surface area (Å²) in [6.07, 6.45) is 0.214. The van der Waals surface area contributed by atoms with Crippen molar-refractivity contribution in [3.63, 3.8) is 0 Å². The number of nitrogens with zero attached hydrogens (tertiary/aromatic N) is 2. The van der Waals surface area contributed by atoms with E-state index in [1.165, 1.54) is 11.0 Å². The number of benzene rings is 1. The van der Waals surface area contributed by atoms with Gasteiger partial charge in [-0.1, -0.05) is 0 Å². The Hall–Kier alpha value is -3.76. The van der Waals surface area contributed by atoms with E-state index in [0.29, 0.717) is 11.3 Å². The molecule has 0 saturated carbocycles. The summed E-state index contributed by atoms with van der Waals surface area (Å²) < 4.78 is 4.56. The number of aromatic nitrogens is 2. The highest BCUT2D eigenvalue weighted by Crippen LogP contribution is 2.21. The van der Waals surface area contributed by atoms with Crippen molar-refractivity contribution < 1.29 is 19.2 Å². The number of H-pyrrole nitrogens is 2. The van der Waals surface area contributed by atoms with Crippen molar-refractivity contribution in [3.8, 4) is 0 Å². The SMILES string of the molecule is COC(=O)c1cc(C(=O)N2CCc3c([nH]c(=O)[nH]c3=O)C2)cc([N+](=O)[O-])c1. The molecular weight excluding hydrogens is 360 g/mol. The number of carbonyl (C=O) groups excluding carboxylic acids is 2. The van der Waals surface area contributed by atoms with Crippen LogP contribution < -0.4 is 11.2 Å². The smallest absolute Gasteiger partial charge is 0.338 e. The quantitative estimate of drug-likeness (QED) is 0.433. The van der Waals surface area contributed by atoms with Gasteiger partial charge >= 0.3 is 11.7 Å². The summed E-state index contributed by atoms with van der Waals surface area (Å²) in [5.74, 6) is -1.39. The number of nitrogens with one attached hydrogen (secondary N) is 2. The van der Waals surface area contributed by atoms with Crippen LogP contribution in [0.2, 0.25) is 0 Å². The lowest BCUT2D eigenvalue weighted by Gasteiger charge is -2.27. The van der Waals surface area contributed by atoms with Gasteiger partial charge in [-0.25, -0.2) is 9.59 Å². The zero-order valence-corrected chi connectivity index (χ0v) is 14.1. The number of esters is 1. The number of carbonyl (C=O) groups is 2. The fourth-order valence-electron chi connectivity index (χ4n) is 2.91. The Kier molecular flexibility index (Phi) is 4.59. The van der Waals surface area contributed by atoms with Crippen LogP contribution in [0, 0.1) is 10.1 Å². The molecule has 0 unspecified atom stereocenters. The Morgan fingerprint density at radius 2 is 1.89 bits per heavy atom. The largest absolute Gasteiger partial charge is 0.465 e. The minimum atomic E-state index is -0.812. The molecule has 3 rings (SSSR count). The van der Waals surface area contributed by atoms with Crippen molar-refractivity contribution in [3.05, 3.63) is 71.5 Å². The van der Waals surface area contributed by atoms with Crippen LogP contribution >= 0.6 is 0 Å². The lowest BCUT2D eigenvalue weighted by molar-refractivity contribution is -0.384. The molecule has 1 aliphatic rings. The van der Waals surface area contributed by atoms with Crippen molar-refractivity contribution in [1.82, 2.24) is 14.9 Å². The molecule has 140 valence electrons. The van der Waals surface area contributed by atoms with Crippen molar-refractivity contribution in [2.24, 2.45) is 0 Å². The molecular formula is C16H14N4O7. The molecule has 1 aromatic heterocycles. The molecule has 27 heavy (non-hydrogen) atoms. The van der Waals surface area contributed by atoms with E-state index in [-0.39, 0.29) is 30.6 Å². The first-order valence-corrected chi connectivity index (χ1v) is 7.81. The number of amides is 1. The van der Waals surface area contributed by atoms with Gasteiger partial charge in [-0.05, 0) is 12.5 Å². The standard InChI is InChI=1S/C16H14N4O7/c1-27-15(23)9-4-8(5-10(6-9)20(25)26)14(22)19-3-2-11-12(7-19)17-16(24)18-13(11)21/h4-6H,2-3,7H2,1H3,(H2,17,18,21,24). The molecule has 0 bridgehead atoms. The molecule has 2 N–H and O–H groups in total. The molecule has 2 aromatic rings. The molecule has 2 heterocycles. The highest BCUT2D eigenvalue weighted by molar-refractivity contribution is 5.99. The fourth-order valence-corrected chi connectivity index (χ4v) is 2.91. The van der Waals surface area contributed by atoms with E-state index < -0.39 is 33.7 Å². The fraction of sp³-hybridized carbons (Fsp3) is 0.250. The number of rotatable bonds is 3. The number of aromatic amines is 2. The van der Waals surface area contributed by atoms with Gasteiger partial charge in [0.15, 0.2) is 0 Å². The van der Waals surface area contributed by atoms with E-state index >= 15 is 0 Å². The van der Waals surface area contributed by atoms with E-state index in [9.17, 15) is 29.3 Å². The van der Waals surface area contributed by atoms with Gasteiger partial charge in [-0.3, -0.25) is 24.7 Å². The maximum Gasteiger partial charge on any atom is 0.338 e. The summed E-state index contributed by atoms with van der Waals surface area (Å²) in [6, 6.07) is 3.28. The molecule has 0 fully saturated rings. The number of hydrogen-bond donors (Lipinski definition) is 2. The van der Waals surface area contributed by atoms with Crippen molar-refractivity contribution in [2.45, 2.75) is 13.0 Å². The highest BCUT2D eigenvalue weighted by Gasteiger charge is 2.26. The van der Waals surface area contributed by atoms with E-state index in [1.54, 1.807) is 0 Å². The molecule has 1 aliphatic heterocycles. The number of ether oxygens (including phenoxy) is 1. The number of nitro groups is 1. The number of fused-ring (bicyclic) bond motifs is 1. The van der Waals surface area contributed by atoms with E-state index in [0.717, 1.165) is 19.2 Å². The lowest BCUT2D eigenvalue weighted by Crippen LogP contribution is -2.41. The summed E-state index contributed by atoms with van der Waals surface area (Å²) in [5.41, 5.74) is -1.13. The second kappa shape index (κ2) is 6.86. The van der Waals surface area contributed by atoms with Crippen LogP contribution in [0.4, 0.5) is 5.69 Å². The van der Waals surface area contributed by atoms with Crippen molar-refractivity contribution >= 4 is 17.6 Å². The Labute approximate surface area is 150 Å². The van der Waals surface area contributed by atoms with Gasteiger partial charge < -0.3 is 14.6 Å². The summed E-state index contributed by atoms with van der Waals surface area (Å²) >= 11 is 0. The molecule has 1 amide bonds. The first-order valence-electron chi connectivity index (χ1n) is 7.81. The van der Waals surface area contributed by atoms with Gasteiger partial charge in [0.05, 0.1) is 24.1 Å². The minimum Gasteiger partial charge on any atom is -0.465 e. The number of hydrogen-bond acceptors (Lipinski definition) is 7. The van der Waals surface area contributed by atoms with E-state index in [2.05, 4.69) is 14.7 Å². The van der Waals surface area contributed by atoms with Crippen LogP contribution in [0.15, 0.2) is 27.8 Å². The Bertz CT molecular complexity index is 1070. The van der Waals surface area contributed by atoms with Gasteiger partial charge in [-0.2, -0.15) is 0 Å². The summed E-state index contributed by atoms with van der Waals surface area (Å²) in [7, 11) is 1.12.